The zero-order valence-electron chi connectivity index (χ0n) is 11.2. The van der Waals surface area contributed by atoms with Crippen LogP contribution in [0.4, 0.5) is 4.79 Å². The van der Waals surface area contributed by atoms with Crippen LogP contribution in [-0.2, 0) is 0 Å². The summed E-state index contributed by atoms with van der Waals surface area (Å²) in [5.41, 5.74) is 6.17. The standard InChI is InChI=1S/C15H21N3O/c16-13-15(18(12-1-2-12)14(19)17-13)10-4-8-3-9(6-10)7-11(15)5-8/h8-12H,1-7H2,(H2,16,17,19). The molecule has 5 saturated carbocycles. The fraction of sp³-hybridized carbons (Fsp3) is 0.867. The van der Waals surface area contributed by atoms with E-state index in [0.717, 1.165) is 24.7 Å². The number of carbonyl (C=O) groups excluding carboxylic acids is 1. The van der Waals surface area contributed by atoms with E-state index < -0.39 is 0 Å². The highest BCUT2D eigenvalue weighted by Gasteiger charge is 2.67. The number of nitrogens with two attached hydrogens (primary N) is 1. The molecule has 6 aliphatic rings. The average Bonchev–Trinajstić information content (AvgIpc) is 3.12. The third-order valence-electron chi connectivity index (χ3n) is 6.53. The fourth-order valence-electron chi connectivity index (χ4n) is 6.03. The van der Waals surface area contributed by atoms with Gasteiger partial charge in [-0.2, -0.15) is 4.99 Å². The first-order chi connectivity index (χ1) is 9.19. The van der Waals surface area contributed by atoms with E-state index >= 15 is 0 Å². The molecule has 4 heteroatoms. The van der Waals surface area contributed by atoms with Gasteiger partial charge < -0.3 is 10.6 Å². The summed E-state index contributed by atoms with van der Waals surface area (Å²) in [6.45, 7) is 0. The molecule has 102 valence electrons. The molecular formula is C15H21N3O. The summed E-state index contributed by atoms with van der Waals surface area (Å²) in [6.07, 6.45) is 8.85. The number of amidine groups is 1. The summed E-state index contributed by atoms with van der Waals surface area (Å²) in [4.78, 5) is 18.7. The van der Waals surface area contributed by atoms with E-state index in [1.54, 1.807) is 0 Å². The minimum Gasteiger partial charge on any atom is -0.385 e. The van der Waals surface area contributed by atoms with Gasteiger partial charge in [0, 0.05) is 6.04 Å². The molecule has 0 aromatic heterocycles. The molecule has 1 spiro atoms. The van der Waals surface area contributed by atoms with E-state index in [-0.39, 0.29) is 11.6 Å². The molecule has 5 fully saturated rings. The molecule has 0 saturated heterocycles. The Morgan fingerprint density at radius 1 is 1.05 bits per heavy atom. The zero-order chi connectivity index (χ0) is 12.8. The van der Waals surface area contributed by atoms with Gasteiger partial charge in [0.2, 0.25) is 0 Å². The Hall–Kier alpha value is -1.06. The molecule has 0 aromatic carbocycles. The first-order valence-electron chi connectivity index (χ1n) is 7.87. The van der Waals surface area contributed by atoms with E-state index in [2.05, 4.69) is 9.89 Å². The smallest absolute Gasteiger partial charge is 0.346 e. The number of urea groups is 1. The lowest BCUT2D eigenvalue weighted by atomic mass is 9.48. The molecule has 1 heterocycles. The normalized spacial score (nSPS) is 51.3. The quantitative estimate of drug-likeness (QED) is 0.784. The van der Waals surface area contributed by atoms with Crippen LogP contribution in [0.5, 0.6) is 0 Å². The first-order valence-corrected chi connectivity index (χ1v) is 7.87. The summed E-state index contributed by atoms with van der Waals surface area (Å²) < 4.78 is 0. The fourth-order valence-corrected chi connectivity index (χ4v) is 6.03. The lowest BCUT2D eigenvalue weighted by Crippen LogP contribution is -2.70. The van der Waals surface area contributed by atoms with E-state index in [1.807, 2.05) is 0 Å². The maximum Gasteiger partial charge on any atom is 0.346 e. The van der Waals surface area contributed by atoms with Crippen LogP contribution < -0.4 is 5.73 Å². The minimum absolute atomic E-state index is 0.0347. The second-order valence-electron chi connectivity index (χ2n) is 7.51. The second-order valence-corrected chi connectivity index (χ2v) is 7.51. The van der Waals surface area contributed by atoms with Crippen molar-refractivity contribution in [1.82, 2.24) is 4.90 Å². The van der Waals surface area contributed by atoms with Gasteiger partial charge in [-0.1, -0.05) is 0 Å². The van der Waals surface area contributed by atoms with Crippen molar-refractivity contribution in [3.05, 3.63) is 0 Å². The second kappa shape index (κ2) is 3.15. The molecular weight excluding hydrogens is 238 g/mol. The van der Waals surface area contributed by atoms with Crippen LogP contribution in [0.15, 0.2) is 4.99 Å². The van der Waals surface area contributed by atoms with Crippen molar-refractivity contribution in [1.29, 1.82) is 0 Å². The van der Waals surface area contributed by atoms with Gasteiger partial charge in [-0.3, -0.25) is 0 Å². The summed E-state index contributed by atoms with van der Waals surface area (Å²) in [5, 5.41) is 0. The van der Waals surface area contributed by atoms with Crippen LogP contribution in [0, 0.1) is 23.7 Å². The van der Waals surface area contributed by atoms with Gasteiger partial charge in [0.1, 0.15) is 11.4 Å². The highest BCUT2D eigenvalue weighted by atomic mass is 16.2. The molecule has 6 rings (SSSR count). The van der Waals surface area contributed by atoms with Gasteiger partial charge in [-0.15, -0.1) is 0 Å². The Kier molecular flexibility index (Phi) is 1.78. The number of aliphatic imine (C=N–C) groups is 1. The van der Waals surface area contributed by atoms with Crippen LogP contribution in [0.3, 0.4) is 0 Å². The number of nitrogens with zero attached hydrogens (tertiary/aromatic N) is 2. The molecule has 0 radical (unpaired) electrons. The summed E-state index contributed by atoms with van der Waals surface area (Å²) >= 11 is 0. The Bertz CT molecular complexity index is 466. The monoisotopic (exact) mass is 259 g/mol. The van der Waals surface area contributed by atoms with Gasteiger partial charge in [0.25, 0.3) is 0 Å². The van der Waals surface area contributed by atoms with Crippen LogP contribution in [-0.4, -0.2) is 28.3 Å². The predicted molar refractivity (Wildman–Crippen MR) is 71.7 cm³/mol. The van der Waals surface area contributed by atoms with Crippen molar-refractivity contribution < 1.29 is 4.79 Å². The summed E-state index contributed by atoms with van der Waals surface area (Å²) in [6, 6.07) is 0.405. The summed E-state index contributed by atoms with van der Waals surface area (Å²) in [5.74, 6) is 3.66. The van der Waals surface area contributed by atoms with Crippen LogP contribution >= 0.6 is 0 Å². The molecule has 4 nitrogen and oxygen atoms in total. The third-order valence-corrected chi connectivity index (χ3v) is 6.53. The van der Waals surface area contributed by atoms with Crippen molar-refractivity contribution in [2.24, 2.45) is 34.4 Å². The van der Waals surface area contributed by atoms with Crippen molar-refractivity contribution >= 4 is 11.9 Å². The van der Waals surface area contributed by atoms with Gasteiger partial charge in [0.15, 0.2) is 0 Å². The lowest BCUT2D eigenvalue weighted by molar-refractivity contribution is -0.0801. The number of amides is 2. The topological polar surface area (TPSA) is 58.7 Å². The number of hydrogen-bond acceptors (Lipinski definition) is 2. The Labute approximate surface area is 113 Å². The molecule has 4 bridgehead atoms. The Morgan fingerprint density at radius 2 is 1.63 bits per heavy atom. The molecule has 19 heavy (non-hydrogen) atoms. The highest BCUT2D eigenvalue weighted by Crippen LogP contribution is 2.62. The largest absolute Gasteiger partial charge is 0.385 e. The van der Waals surface area contributed by atoms with E-state index in [1.165, 1.54) is 32.1 Å². The maximum absolute atomic E-state index is 12.3. The first kappa shape index (κ1) is 10.7. The molecule has 0 unspecified atom stereocenters. The minimum atomic E-state index is -0.161. The van der Waals surface area contributed by atoms with Crippen molar-refractivity contribution in [3.8, 4) is 0 Å². The third kappa shape index (κ3) is 1.13. The summed E-state index contributed by atoms with van der Waals surface area (Å²) in [7, 11) is 0. The van der Waals surface area contributed by atoms with Gasteiger partial charge in [0.05, 0.1) is 0 Å². The average molecular weight is 259 g/mol. The van der Waals surface area contributed by atoms with E-state index in [0.29, 0.717) is 23.7 Å². The van der Waals surface area contributed by atoms with Crippen molar-refractivity contribution in [3.63, 3.8) is 0 Å². The molecule has 5 aliphatic carbocycles. The number of hydrogen-bond donors (Lipinski definition) is 1. The Balaban J connectivity index is 1.65. The zero-order valence-corrected chi connectivity index (χ0v) is 11.2. The van der Waals surface area contributed by atoms with E-state index in [9.17, 15) is 4.79 Å². The Morgan fingerprint density at radius 3 is 2.16 bits per heavy atom. The van der Waals surface area contributed by atoms with Crippen molar-refractivity contribution in [2.45, 2.75) is 56.5 Å². The van der Waals surface area contributed by atoms with Crippen LogP contribution in [0.25, 0.3) is 0 Å². The highest BCUT2D eigenvalue weighted by molar-refractivity contribution is 6.06. The SMILES string of the molecule is NC1=NC(=O)N(C2CC2)C12C1CC3CC(C1)CC2C3. The van der Waals surface area contributed by atoms with Gasteiger partial charge in [-0.25, -0.2) is 4.79 Å². The molecule has 0 aromatic rings. The van der Waals surface area contributed by atoms with Crippen LogP contribution in [0.1, 0.15) is 44.9 Å². The molecule has 2 N–H and O–H groups in total. The number of carbonyl (C=O) groups is 1. The molecule has 1 aliphatic heterocycles. The van der Waals surface area contributed by atoms with Gasteiger partial charge >= 0.3 is 6.03 Å². The number of rotatable bonds is 1. The molecule has 2 amide bonds. The van der Waals surface area contributed by atoms with Crippen molar-refractivity contribution in [2.75, 3.05) is 0 Å². The lowest BCUT2D eigenvalue weighted by Gasteiger charge is -2.62. The molecule has 0 atom stereocenters. The predicted octanol–water partition coefficient (Wildman–Crippen LogP) is 2.14. The maximum atomic E-state index is 12.3. The van der Waals surface area contributed by atoms with E-state index in [4.69, 9.17) is 5.73 Å². The van der Waals surface area contributed by atoms with Crippen LogP contribution in [0.2, 0.25) is 0 Å². The van der Waals surface area contributed by atoms with Gasteiger partial charge in [-0.05, 0) is 68.6 Å².